The van der Waals surface area contributed by atoms with E-state index in [2.05, 4.69) is 0 Å². The van der Waals surface area contributed by atoms with Gasteiger partial charge >= 0.3 is 6.03 Å². The van der Waals surface area contributed by atoms with Gasteiger partial charge in [-0.2, -0.15) is 0 Å². The summed E-state index contributed by atoms with van der Waals surface area (Å²) in [6, 6.07) is 5.13. The number of hydrogen-bond donors (Lipinski definition) is 1. The van der Waals surface area contributed by atoms with Gasteiger partial charge in [-0.15, -0.1) is 0 Å². The van der Waals surface area contributed by atoms with Gasteiger partial charge in [0, 0.05) is 37.4 Å². The Morgan fingerprint density at radius 3 is 2.76 bits per heavy atom. The molecule has 0 radical (unpaired) electrons. The number of carbonyl (C=O) groups excluding carboxylic acids is 2. The molecule has 0 unspecified atom stereocenters. The van der Waals surface area contributed by atoms with Crippen molar-refractivity contribution in [2.75, 3.05) is 44.5 Å². The summed E-state index contributed by atoms with van der Waals surface area (Å²) >= 11 is 0. The Bertz CT molecular complexity index is 664. The zero-order valence-corrected chi connectivity index (χ0v) is 14.5. The maximum absolute atomic E-state index is 12.7. The molecule has 1 aromatic rings. The van der Waals surface area contributed by atoms with Gasteiger partial charge in [-0.3, -0.25) is 9.69 Å². The molecule has 1 saturated heterocycles. The number of anilines is 1. The molecular formula is C17H23N3O5. The molecule has 1 fully saturated rings. The van der Waals surface area contributed by atoms with Crippen molar-refractivity contribution in [1.82, 2.24) is 9.80 Å². The number of fused-ring (bicyclic) bond motifs is 1. The highest BCUT2D eigenvalue weighted by molar-refractivity contribution is 5.96. The standard InChI is InChI=1S/C17H23N3O5/c1-12(2)19(7-8-21)16(22)10-18-5-6-20(17(18)23)13-3-4-14-15(9-13)25-11-24-14/h3-4,9,12,21H,5-8,10-11H2,1-2H3. The van der Waals surface area contributed by atoms with Crippen LogP contribution in [0.15, 0.2) is 18.2 Å². The predicted molar refractivity (Wildman–Crippen MR) is 90.8 cm³/mol. The van der Waals surface area contributed by atoms with Crippen LogP contribution in [0.25, 0.3) is 0 Å². The van der Waals surface area contributed by atoms with Crippen LogP contribution in [0.1, 0.15) is 13.8 Å². The molecule has 136 valence electrons. The Hall–Kier alpha value is -2.48. The first-order valence-corrected chi connectivity index (χ1v) is 8.37. The normalized spacial score (nSPS) is 16.1. The van der Waals surface area contributed by atoms with Crippen molar-refractivity contribution >= 4 is 17.6 Å². The fourth-order valence-electron chi connectivity index (χ4n) is 3.05. The van der Waals surface area contributed by atoms with Gasteiger partial charge in [0.15, 0.2) is 11.5 Å². The van der Waals surface area contributed by atoms with Gasteiger partial charge in [-0.1, -0.05) is 0 Å². The Morgan fingerprint density at radius 2 is 2.04 bits per heavy atom. The highest BCUT2D eigenvalue weighted by Crippen LogP contribution is 2.36. The van der Waals surface area contributed by atoms with E-state index in [1.54, 1.807) is 21.9 Å². The Balaban J connectivity index is 1.66. The van der Waals surface area contributed by atoms with E-state index in [0.717, 1.165) is 5.69 Å². The minimum Gasteiger partial charge on any atom is -0.454 e. The Labute approximate surface area is 146 Å². The molecule has 1 N–H and O–H groups in total. The molecule has 0 spiro atoms. The van der Waals surface area contributed by atoms with Crippen molar-refractivity contribution < 1.29 is 24.2 Å². The fourth-order valence-corrected chi connectivity index (χ4v) is 3.05. The van der Waals surface area contributed by atoms with Gasteiger partial charge in [0.2, 0.25) is 12.7 Å². The molecular weight excluding hydrogens is 326 g/mol. The molecule has 3 amide bonds. The van der Waals surface area contributed by atoms with Crippen molar-refractivity contribution in [2.24, 2.45) is 0 Å². The number of ether oxygens (including phenoxy) is 2. The minimum atomic E-state index is -0.208. The molecule has 2 heterocycles. The van der Waals surface area contributed by atoms with E-state index >= 15 is 0 Å². The van der Waals surface area contributed by atoms with Crippen LogP contribution < -0.4 is 14.4 Å². The molecule has 25 heavy (non-hydrogen) atoms. The summed E-state index contributed by atoms with van der Waals surface area (Å²) in [5, 5.41) is 9.11. The molecule has 0 atom stereocenters. The maximum atomic E-state index is 12.7. The third-order valence-corrected chi connectivity index (χ3v) is 4.37. The number of hydrogen-bond acceptors (Lipinski definition) is 5. The van der Waals surface area contributed by atoms with Crippen LogP contribution in [0.2, 0.25) is 0 Å². The minimum absolute atomic E-state index is 0.0120. The van der Waals surface area contributed by atoms with E-state index in [0.29, 0.717) is 24.6 Å². The van der Waals surface area contributed by atoms with E-state index in [-0.39, 0.29) is 44.5 Å². The first-order chi connectivity index (χ1) is 12.0. The van der Waals surface area contributed by atoms with Gasteiger partial charge in [-0.05, 0) is 26.0 Å². The molecule has 0 bridgehead atoms. The lowest BCUT2D eigenvalue weighted by Gasteiger charge is -2.28. The lowest BCUT2D eigenvalue weighted by molar-refractivity contribution is -0.133. The summed E-state index contributed by atoms with van der Waals surface area (Å²) in [7, 11) is 0. The highest BCUT2D eigenvalue weighted by Gasteiger charge is 2.33. The average Bonchev–Trinajstić information content (AvgIpc) is 3.18. The second kappa shape index (κ2) is 7.18. The van der Waals surface area contributed by atoms with Gasteiger partial charge in [0.1, 0.15) is 6.54 Å². The van der Waals surface area contributed by atoms with Crippen LogP contribution >= 0.6 is 0 Å². The Morgan fingerprint density at radius 1 is 1.28 bits per heavy atom. The molecule has 2 aliphatic rings. The second-order valence-electron chi connectivity index (χ2n) is 6.30. The number of aliphatic hydroxyl groups is 1. The number of carbonyl (C=O) groups is 2. The monoisotopic (exact) mass is 349 g/mol. The van der Waals surface area contributed by atoms with Crippen LogP contribution in [0.4, 0.5) is 10.5 Å². The van der Waals surface area contributed by atoms with Crippen LogP contribution in [-0.2, 0) is 4.79 Å². The summed E-state index contributed by atoms with van der Waals surface area (Å²) in [5.41, 5.74) is 0.722. The summed E-state index contributed by atoms with van der Waals surface area (Å²) < 4.78 is 10.6. The van der Waals surface area contributed by atoms with Crippen LogP contribution in [0.5, 0.6) is 11.5 Å². The van der Waals surface area contributed by atoms with Crippen molar-refractivity contribution in [3.8, 4) is 11.5 Å². The summed E-state index contributed by atoms with van der Waals surface area (Å²) in [5.74, 6) is 1.12. The van der Waals surface area contributed by atoms with Gasteiger partial charge in [-0.25, -0.2) is 4.79 Å². The zero-order valence-electron chi connectivity index (χ0n) is 14.5. The molecule has 8 heteroatoms. The van der Waals surface area contributed by atoms with E-state index < -0.39 is 0 Å². The molecule has 0 aromatic heterocycles. The van der Waals surface area contributed by atoms with Crippen molar-refractivity contribution in [2.45, 2.75) is 19.9 Å². The summed E-state index contributed by atoms with van der Waals surface area (Å²) in [4.78, 5) is 29.8. The topological polar surface area (TPSA) is 82.6 Å². The highest BCUT2D eigenvalue weighted by atomic mass is 16.7. The van der Waals surface area contributed by atoms with Gasteiger partial charge in [0.25, 0.3) is 0 Å². The number of aliphatic hydroxyl groups excluding tert-OH is 1. The second-order valence-corrected chi connectivity index (χ2v) is 6.30. The van der Waals surface area contributed by atoms with E-state index in [9.17, 15) is 9.59 Å². The summed E-state index contributed by atoms with van der Waals surface area (Å²) in [6.45, 7) is 5.13. The summed E-state index contributed by atoms with van der Waals surface area (Å²) in [6.07, 6.45) is 0. The molecule has 1 aromatic carbocycles. The number of rotatable bonds is 6. The SMILES string of the molecule is CC(C)N(CCO)C(=O)CN1CCN(c2ccc3c(c2)OCO3)C1=O. The van der Waals surface area contributed by atoms with Crippen molar-refractivity contribution in [1.29, 1.82) is 0 Å². The van der Waals surface area contributed by atoms with Crippen LogP contribution in [-0.4, -0.2) is 72.5 Å². The van der Waals surface area contributed by atoms with Crippen molar-refractivity contribution in [3.05, 3.63) is 18.2 Å². The average molecular weight is 349 g/mol. The molecule has 0 saturated carbocycles. The predicted octanol–water partition coefficient (Wildman–Crippen LogP) is 0.887. The number of amides is 3. The van der Waals surface area contributed by atoms with Gasteiger partial charge < -0.3 is 24.4 Å². The largest absolute Gasteiger partial charge is 0.454 e. The van der Waals surface area contributed by atoms with E-state index in [1.807, 2.05) is 19.9 Å². The number of benzene rings is 1. The Kier molecular flexibility index (Phi) is 4.98. The zero-order chi connectivity index (χ0) is 18.0. The molecule has 3 rings (SSSR count). The van der Waals surface area contributed by atoms with Crippen LogP contribution in [0, 0.1) is 0 Å². The quantitative estimate of drug-likeness (QED) is 0.825. The molecule has 2 aliphatic heterocycles. The lowest BCUT2D eigenvalue weighted by atomic mass is 10.2. The van der Waals surface area contributed by atoms with Crippen LogP contribution in [0.3, 0.4) is 0 Å². The lowest BCUT2D eigenvalue weighted by Crippen LogP contribution is -2.46. The number of nitrogens with zero attached hydrogens (tertiary/aromatic N) is 3. The smallest absolute Gasteiger partial charge is 0.325 e. The van der Waals surface area contributed by atoms with E-state index in [1.165, 1.54) is 4.90 Å². The van der Waals surface area contributed by atoms with Gasteiger partial charge in [0.05, 0.1) is 6.61 Å². The maximum Gasteiger partial charge on any atom is 0.325 e. The van der Waals surface area contributed by atoms with Crippen molar-refractivity contribution in [3.63, 3.8) is 0 Å². The number of urea groups is 1. The fraction of sp³-hybridized carbons (Fsp3) is 0.529. The first-order valence-electron chi connectivity index (χ1n) is 8.37. The third-order valence-electron chi connectivity index (χ3n) is 4.37. The molecule has 8 nitrogen and oxygen atoms in total. The van der Waals surface area contributed by atoms with E-state index in [4.69, 9.17) is 14.6 Å². The molecule has 0 aliphatic carbocycles. The third kappa shape index (κ3) is 3.48. The first kappa shape index (κ1) is 17.3.